The van der Waals surface area contributed by atoms with Crippen LogP contribution in [-0.4, -0.2) is 76.9 Å². The van der Waals surface area contributed by atoms with Gasteiger partial charge in [-0.2, -0.15) is 0 Å². The van der Waals surface area contributed by atoms with E-state index in [1.807, 2.05) is 18.2 Å². The number of likely N-dealkylation sites (N-methyl/N-ethyl adjacent to an activating group) is 1. The lowest BCUT2D eigenvalue weighted by atomic mass is 10.3. The summed E-state index contributed by atoms with van der Waals surface area (Å²) in [6.45, 7) is 8.28. The number of hydrogen-bond donors (Lipinski definition) is 2. The van der Waals surface area contributed by atoms with E-state index in [4.69, 9.17) is 21.3 Å². The molecule has 26 heavy (non-hydrogen) atoms. The van der Waals surface area contributed by atoms with Gasteiger partial charge in [-0.05, 0) is 38.6 Å². The number of rotatable bonds is 9. The van der Waals surface area contributed by atoms with Crippen LogP contribution in [0.5, 0.6) is 0 Å². The Kier molecular flexibility index (Phi) is 9.01. The number of aliphatic imine (C=N–C) groups is 1. The minimum atomic E-state index is 0.387. The lowest BCUT2D eigenvalue weighted by molar-refractivity contribution is 0.163. The van der Waals surface area contributed by atoms with Gasteiger partial charge in [0, 0.05) is 56.6 Å². The second kappa shape index (κ2) is 11.3. The Morgan fingerprint density at radius 3 is 3.00 bits per heavy atom. The number of hydrogen-bond acceptors (Lipinski definition) is 4. The smallest absolute Gasteiger partial charge is 0.191 e. The van der Waals surface area contributed by atoms with Crippen molar-refractivity contribution in [1.29, 1.82) is 0 Å². The molecule has 0 amide bonds. The highest BCUT2D eigenvalue weighted by Crippen LogP contribution is 2.23. The number of nitrogens with zero attached hydrogens (tertiary/aromatic N) is 3. The highest BCUT2D eigenvalue weighted by molar-refractivity contribution is 6.30. The molecule has 1 aromatic rings. The Labute approximate surface area is 162 Å². The van der Waals surface area contributed by atoms with Gasteiger partial charge in [0.2, 0.25) is 0 Å². The molecule has 1 atom stereocenters. The Morgan fingerprint density at radius 1 is 1.42 bits per heavy atom. The molecule has 0 bridgehead atoms. The van der Waals surface area contributed by atoms with Crippen LogP contribution in [0.2, 0.25) is 5.02 Å². The number of ether oxygens (including phenoxy) is 1. The minimum absolute atomic E-state index is 0.387. The maximum Gasteiger partial charge on any atom is 0.191 e. The molecule has 1 unspecified atom stereocenters. The van der Waals surface area contributed by atoms with Crippen molar-refractivity contribution in [2.24, 2.45) is 4.99 Å². The van der Waals surface area contributed by atoms with E-state index >= 15 is 0 Å². The fraction of sp³-hybridized carbons (Fsp3) is 0.632. The molecule has 1 aliphatic rings. The number of nitrogens with one attached hydrogen (secondary N) is 2. The summed E-state index contributed by atoms with van der Waals surface area (Å²) in [5, 5.41) is 7.70. The lowest BCUT2D eigenvalue weighted by Gasteiger charge is -2.21. The van der Waals surface area contributed by atoms with Crippen molar-refractivity contribution in [3.63, 3.8) is 0 Å². The molecule has 1 aromatic carbocycles. The van der Waals surface area contributed by atoms with Crippen molar-refractivity contribution in [2.45, 2.75) is 19.4 Å². The van der Waals surface area contributed by atoms with Crippen LogP contribution in [0.4, 0.5) is 5.69 Å². The average Bonchev–Trinajstić information content (AvgIpc) is 3.08. The quantitative estimate of drug-likeness (QED) is 0.506. The van der Waals surface area contributed by atoms with Crippen LogP contribution < -0.4 is 15.5 Å². The molecular formula is C19H32ClN5O. The summed E-state index contributed by atoms with van der Waals surface area (Å²) in [5.41, 5.74) is 1.18. The third-order valence-corrected chi connectivity index (χ3v) is 4.71. The van der Waals surface area contributed by atoms with Gasteiger partial charge in [-0.15, -0.1) is 0 Å². The predicted molar refractivity (Wildman–Crippen MR) is 111 cm³/mol. The first-order valence-electron chi connectivity index (χ1n) is 9.35. The molecule has 2 rings (SSSR count). The number of methoxy groups -OCH3 is 1. The van der Waals surface area contributed by atoms with Crippen LogP contribution >= 0.6 is 11.6 Å². The van der Waals surface area contributed by atoms with E-state index in [2.05, 4.69) is 40.5 Å². The largest absolute Gasteiger partial charge is 0.383 e. The molecule has 0 spiro atoms. The van der Waals surface area contributed by atoms with Crippen molar-refractivity contribution < 1.29 is 4.74 Å². The maximum absolute atomic E-state index is 6.12. The van der Waals surface area contributed by atoms with Crippen LogP contribution in [0, 0.1) is 0 Å². The summed E-state index contributed by atoms with van der Waals surface area (Å²) in [5.74, 6) is 0.894. The molecule has 1 aliphatic heterocycles. The Hall–Kier alpha value is -1.50. The topological polar surface area (TPSA) is 52.1 Å². The summed E-state index contributed by atoms with van der Waals surface area (Å²) in [7, 11) is 3.82. The SMILES string of the molecule is CCNC(=NCCN(C)CCOC)NC1CCN(c2cccc(Cl)c2)C1. The van der Waals surface area contributed by atoms with E-state index < -0.39 is 0 Å². The lowest BCUT2D eigenvalue weighted by Crippen LogP contribution is -2.45. The van der Waals surface area contributed by atoms with Gasteiger partial charge in [0.05, 0.1) is 13.2 Å². The summed E-state index contributed by atoms with van der Waals surface area (Å²) in [6, 6.07) is 8.45. The molecular weight excluding hydrogens is 350 g/mol. The summed E-state index contributed by atoms with van der Waals surface area (Å²) in [4.78, 5) is 9.31. The maximum atomic E-state index is 6.12. The average molecular weight is 382 g/mol. The molecule has 0 aromatic heterocycles. The number of guanidine groups is 1. The van der Waals surface area contributed by atoms with E-state index in [1.54, 1.807) is 7.11 Å². The van der Waals surface area contributed by atoms with E-state index in [9.17, 15) is 0 Å². The second-order valence-corrected chi connectivity index (χ2v) is 7.05. The minimum Gasteiger partial charge on any atom is -0.383 e. The first kappa shape index (κ1) is 20.8. The molecule has 1 fully saturated rings. The van der Waals surface area contributed by atoms with Crippen molar-refractivity contribution in [1.82, 2.24) is 15.5 Å². The standard InChI is InChI=1S/C19H32ClN5O/c1-4-21-19(22-9-11-24(2)12-13-26-3)23-17-8-10-25(15-17)18-7-5-6-16(20)14-18/h5-7,14,17H,4,8-13,15H2,1-3H3,(H2,21,22,23). The monoisotopic (exact) mass is 381 g/mol. The van der Waals surface area contributed by atoms with Gasteiger partial charge in [-0.3, -0.25) is 4.99 Å². The Balaban J connectivity index is 1.82. The summed E-state index contributed by atoms with van der Waals surface area (Å²) < 4.78 is 5.11. The van der Waals surface area contributed by atoms with E-state index in [-0.39, 0.29) is 0 Å². The number of benzene rings is 1. The Bertz CT molecular complexity index is 569. The van der Waals surface area contributed by atoms with Crippen LogP contribution in [-0.2, 0) is 4.74 Å². The molecule has 2 N–H and O–H groups in total. The van der Waals surface area contributed by atoms with Crippen molar-refractivity contribution in [3.05, 3.63) is 29.3 Å². The predicted octanol–water partition coefficient (Wildman–Crippen LogP) is 2.05. The molecule has 1 heterocycles. The molecule has 1 saturated heterocycles. The first-order chi connectivity index (χ1) is 12.6. The van der Waals surface area contributed by atoms with Crippen molar-refractivity contribution in [3.8, 4) is 0 Å². The van der Waals surface area contributed by atoms with Crippen LogP contribution in [0.3, 0.4) is 0 Å². The third kappa shape index (κ3) is 7.02. The van der Waals surface area contributed by atoms with Gasteiger partial charge < -0.3 is 25.2 Å². The zero-order chi connectivity index (χ0) is 18.8. The zero-order valence-corrected chi connectivity index (χ0v) is 16.9. The van der Waals surface area contributed by atoms with Gasteiger partial charge in [0.15, 0.2) is 5.96 Å². The molecule has 0 radical (unpaired) electrons. The molecule has 0 saturated carbocycles. The van der Waals surface area contributed by atoms with Gasteiger partial charge >= 0.3 is 0 Å². The van der Waals surface area contributed by atoms with E-state index in [0.29, 0.717) is 6.04 Å². The molecule has 6 nitrogen and oxygen atoms in total. The number of halogens is 1. The van der Waals surface area contributed by atoms with E-state index in [0.717, 1.165) is 63.3 Å². The van der Waals surface area contributed by atoms with Gasteiger partial charge in [-0.1, -0.05) is 17.7 Å². The highest BCUT2D eigenvalue weighted by atomic mass is 35.5. The third-order valence-electron chi connectivity index (χ3n) is 4.48. The first-order valence-corrected chi connectivity index (χ1v) is 9.73. The molecule has 146 valence electrons. The fourth-order valence-electron chi connectivity index (χ4n) is 2.99. The van der Waals surface area contributed by atoms with Gasteiger partial charge in [-0.25, -0.2) is 0 Å². The van der Waals surface area contributed by atoms with Crippen molar-refractivity contribution >= 4 is 23.2 Å². The van der Waals surface area contributed by atoms with Gasteiger partial charge in [0.25, 0.3) is 0 Å². The van der Waals surface area contributed by atoms with Crippen LogP contribution in [0.15, 0.2) is 29.3 Å². The summed E-state index contributed by atoms with van der Waals surface area (Å²) >= 11 is 6.12. The highest BCUT2D eigenvalue weighted by Gasteiger charge is 2.23. The van der Waals surface area contributed by atoms with E-state index in [1.165, 1.54) is 5.69 Å². The van der Waals surface area contributed by atoms with Crippen molar-refractivity contribution in [2.75, 3.05) is 64.9 Å². The van der Waals surface area contributed by atoms with Gasteiger partial charge in [0.1, 0.15) is 0 Å². The Morgan fingerprint density at radius 2 is 2.27 bits per heavy atom. The normalized spacial score (nSPS) is 17.8. The van der Waals surface area contributed by atoms with Crippen LogP contribution in [0.1, 0.15) is 13.3 Å². The second-order valence-electron chi connectivity index (χ2n) is 6.61. The zero-order valence-electron chi connectivity index (χ0n) is 16.2. The molecule has 0 aliphatic carbocycles. The number of anilines is 1. The summed E-state index contributed by atoms with van der Waals surface area (Å²) in [6.07, 6.45) is 1.09. The fourth-order valence-corrected chi connectivity index (χ4v) is 3.17. The molecule has 7 heteroatoms. The van der Waals surface area contributed by atoms with Crippen LogP contribution in [0.25, 0.3) is 0 Å².